The van der Waals surface area contributed by atoms with Gasteiger partial charge in [-0.3, -0.25) is 0 Å². The predicted molar refractivity (Wildman–Crippen MR) is 80.2 cm³/mol. The first-order valence-corrected chi connectivity index (χ1v) is 6.83. The average molecular weight is 276 g/mol. The normalized spacial score (nSPS) is 10.5. The van der Waals surface area contributed by atoms with Crippen LogP contribution in [0.1, 0.15) is 30.0 Å². The Kier molecular flexibility index (Phi) is 4.38. The minimum Gasteiger partial charge on any atom is -0.340 e. The van der Waals surface area contributed by atoms with Gasteiger partial charge in [0.05, 0.1) is 0 Å². The Morgan fingerprint density at radius 2 is 2.00 bits per heavy atom. The minimum atomic E-state index is 0.532. The Hall–Kier alpha value is -1.61. The Morgan fingerprint density at radius 1 is 1.21 bits per heavy atom. The zero-order valence-corrected chi connectivity index (χ0v) is 12.3. The first-order valence-electron chi connectivity index (χ1n) is 6.45. The van der Waals surface area contributed by atoms with Crippen LogP contribution < -0.4 is 5.32 Å². The molecule has 100 valence electrons. The number of halogens is 1. The van der Waals surface area contributed by atoms with E-state index in [0.29, 0.717) is 5.15 Å². The molecule has 0 spiro atoms. The van der Waals surface area contributed by atoms with Crippen LogP contribution >= 0.6 is 11.6 Å². The molecule has 0 fully saturated rings. The Labute approximate surface area is 119 Å². The van der Waals surface area contributed by atoms with Gasteiger partial charge in [0.25, 0.3) is 0 Å². The zero-order chi connectivity index (χ0) is 13.8. The van der Waals surface area contributed by atoms with E-state index in [9.17, 15) is 0 Å². The standard InChI is InChI=1S/C15H18ClN3/c1-4-5-12-14(16)17-9-18-15(12)19-13-8-10(2)6-7-11(13)3/h6-9H,4-5H2,1-3H3,(H,17,18,19). The number of hydrogen-bond donors (Lipinski definition) is 1. The smallest absolute Gasteiger partial charge is 0.138 e. The second kappa shape index (κ2) is 6.02. The summed E-state index contributed by atoms with van der Waals surface area (Å²) in [6.07, 6.45) is 3.37. The van der Waals surface area contributed by atoms with Crippen molar-refractivity contribution in [1.82, 2.24) is 9.97 Å². The van der Waals surface area contributed by atoms with Crippen molar-refractivity contribution < 1.29 is 0 Å². The lowest BCUT2D eigenvalue weighted by Crippen LogP contribution is -2.02. The fraction of sp³-hybridized carbons (Fsp3) is 0.333. The number of rotatable bonds is 4. The van der Waals surface area contributed by atoms with Crippen LogP contribution in [0.4, 0.5) is 11.5 Å². The van der Waals surface area contributed by atoms with E-state index in [-0.39, 0.29) is 0 Å². The van der Waals surface area contributed by atoms with Gasteiger partial charge in [0.15, 0.2) is 0 Å². The SMILES string of the molecule is CCCc1c(Cl)ncnc1Nc1cc(C)ccc1C. The van der Waals surface area contributed by atoms with E-state index in [0.717, 1.165) is 29.9 Å². The summed E-state index contributed by atoms with van der Waals surface area (Å²) in [5.74, 6) is 0.801. The topological polar surface area (TPSA) is 37.8 Å². The summed E-state index contributed by atoms with van der Waals surface area (Å²) >= 11 is 6.15. The number of aryl methyl sites for hydroxylation is 2. The van der Waals surface area contributed by atoms with Crippen LogP contribution in [0.5, 0.6) is 0 Å². The fourth-order valence-electron chi connectivity index (χ4n) is 1.97. The third-order valence-corrected chi connectivity index (χ3v) is 3.36. The van der Waals surface area contributed by atoms with Gasteiger partial charge < -0.3 is 5.32 Å². The Balaban J connectivity index is 2.37. The Bertz CT molecular complexity index is 582. The number of anilines is 2. The molecule has 0 saturated heterocycles. The number of benzene rings is 1. The summed E-state index contributed by atoms with van der Waals surface area (Å²) in [5, 5.41) is 3.90. The van der Waals surface area contributed by atoms with Crippen molar-refractivity contribution in [2.24, 2.45) is 0 Å². The molecular weight excluding hydrogens is 258 g/mol. The van der Waals surface area contributed by atoms with Gasteiger partial charge in [-0.25, -0.2) is 9.97 Å². The highest BCUT2D eigenvalue weighted by molar-refractivity contribution is 6.30. The van der Waals surface area contributed by atoms with Crippen LogP contribution in [0.25, 0.3) is 0 Å². The molecule has 0 amide bonds. The maximum atomic E-state index is 6.15. The van der Waals surface area contributed by atoms with Crippen molar-refractivity contribution in [2.75, 3.05) is 5.32 Å². The number of nitrogens with one attached hydrogen (secondary N) is 1. The molecule has 0 aliphatic heterocycles. The van der Waals surface area contributed by atoms with E-state index >= 15 is 0 Å². The van der Waals surface area contributed by atoms with Gasteiger partial charge in [0.2, 0.25) is 0 Å². The molecule has 1 aromatic carbocycles. The van der Waals surface area contributed by atoms with Crippen LogP contribution in [-0.4, -0.2) is 9.97 Å². The summed E-state index contributed by atoms with van der Waals surface area (Å²) in [5.41, 5.74) is 4.44. The van der Waals surface area contributed by atoms with Crippen molar-refractivity contribution in [1.29, 1.82) is 0 Å². The Morgan fingerprint density at radius 3 is 2.74 bits per heavy atom. The quantitative estimate of drug-likeness (QED) is 0.838. The fourth-order valence-corrected chi connectivity index (χ4v) is 2.20. The van der Waals surface area contributed by atoms with Gasteiger partial charge in [-0.2, -0.15) is 0 Å². The maximum absolute atomic E-state index is 6.15. The highest BCUT2D eigenvalue weighted by Gasteiger charge is 2.10. The maximum Gasteiger partial charge on any atom is 0.138 e. The summed E-state index contributed by atoms with van der Waals surface area (Å²) in [4.78, 5) is 8.37. The summed E-state index contributed by atoms with van der Waals surface area (Å²) in [6.45, 7) is 6.26. The number of hydrogen-bond acceptors (Lipinski definition) is 3. The van der Waals surface area contributed by atoms with Crippen molar-refractivity contribution >= 4 is 23.1 Å². The van der Waals surface area contributed by atoms with Gasteiger partial charge in [0, 0.05) is 11.3 Å². The third kappa shape index (κ3) is 3.24. The average Bonchev–Trinajstić information content (AvgIpc) is 2.38. The molecule has 1 N–H and O–H groups in total. The van der Waals surface area contributed by atoms with Gasteiger partial charge in [-0.05, 0) is 37.5 Å². The lowest BCUT2D eigenvalue weighted by molar-refractivity contribution is 0.904. The molecule has 2 rings (SSSR count). The monoisotopic (exact) mass is 275 g/mol. The minimum absolute atomic E-state index is 0.532. The van der Waals surface area contributed by atoms with E-state index in [1.54, 1.807) is 0 Å². The van der Waals surface area contributed by atoms with Gasteiger partial charge in [-0.15, -0.1) is 0 Å². The second-order valence-corrected chi connectivity index (χ2v) is 5.04. The molecule has 1 aromatic heterocycles. The molecule has 0 unspecified atom stereocenters. The van der Waals surface area contributed by atoms with E-state index in [1.807, 2.05) is 0 Å². The highest BCUT2D eigenvalue weighted by Crippen LogP contribution is 2.26. The first kappa shape index (κ1) is 13.8. The molecule has 0 aliphatic rings. The number of nitrogens with zero attached hydrogens (tertiary/aromatic N) is 2. The third-order valence-electron chi connectivity index (χ3n) is 3.04. The molecule has 19 heavy (non-hydrogen) atoms. The van der Waals surface area contributed by atoms with Crippen molar-refractivity contribution in [2.45, 2.75) is 33.6 Å². The predicted octanol–water partition coefficient (Wildman–Crippen LogP) is 4.44. The molecule has 4 heteroatoms. The molecule has 3 nitrogen and oxygen atoms in total. The number of aromatic nitrogens is 2. The first-order chi connectivity index (χ1) is 9.11. The molecule has 0 radical (unpaired) electrons. The largest absolute Gasteiger partial charge is 0.340 e. The van der Waals surface area contributed by atoms with Crippen LogP contribution in [0, 0.1) is 13.8 Å². The molecule has 1 heterocycles. The summed E-state index contributed by atoms with van der Waals surface area (Å²) in [7, 11) is 0. The van der Waals surface area contributed by atoms with Gasteiger partial charge in [-0.1, -0.05) is 37.1 Å². The van der Waals surface area contributed by atoms with E-state index in [1.165, 1.54) is 17.5 Å². The van der Waals surface area contributed by atoms with Crippen molar-refractivity contribution in [3.63, 3.8) is 0 Å². The molecule has 0 aliphatic carbocycles. The van der Waals surface area contributed by atoms with Crippen LogP contribution in [0.15, 0.2) is 24.5 Å². The van der Waals surface area contributed by atoms with Crippen LogP contribution in [0.2, 0.25) is 5.15 Å². The highest BCUT2D eigenvalue weighted by atomic mass is 35.5. The lowest BCUT2D eigenvalue weighted by Gasteiger charge is -2.13. The second-order valence-electron chi connectivity index (χ2n) is 4.69. The molecule has 0 saturated carbocycles. The summed E-state index contributed by atoms with van der Waals surface area (Å²) in [6, 6.07) is 6.31. The van der Waals surface area contributed by atoms with E-state index in [4.69, 9.17) is 11.6 Å². The van der Waals surface area contributed by atoms with Crippen LogP contribution in [0.3, 0.4) is 0 Å². The lowest BCUT2D eigenvalue weighted by atomic mass is 10.1. The molecular formula is C15H18ClN3. The molecule has 0 atom stereocenters. The van der Waals surface area contributed by atoms with Crippen LogP contribution in [-0.2, 0) is 6.42 Å². The van der Waals surface area contributed by atoms with Gasteiger partial charge in [0.1, 0.15) is 17.3 Å². The summed E-state index contributed by atoms with van der Waals surface area (Å²) < 4.78 is 0. The van der Waals surface area contributed by atoms with E-state index in [2.05, 4.69) is 54.3 Å². The molecule has 0 bridgehead atoms. The van der Waals surface area contributed by atoms with Crippen molar-refractivity contribution in [3.8, 4) is 0 Å². The van der Waals surface area contributed by atoms with E-state index < -0.39 is 0 Å². The zero-order valence-electron chi connectivity index (χ0n) is 11.5. The van der Waals surface area contributed by atoms with Crippen molar-refractivity contribution in [3.05, 3.63) is 46.4 Å². The van der Waals surface area contributed by atoms with Gasteiger partial charge >= 0.3 is 0 Å². The molecule has 2 aromatic rings.